The molecular weight excluding hydrogens is 190 g/mol. The minimum Gasteiger partial charge on any atom is -0.211 e. The molecule has 74 valence electrons. The topological polar surface area (TPSA) is 29.4 Å². The van der Waals surface area contributed by atoms with Crippen LogP contribution in [0, 0.1) is 6.92 Å². The van der Waals surface area contributed by atoms with Crippen molar-refractivity contribution in [2.45, 2.75) is 20.0 Å². The number of hydrogen-bond acceptors (Lipinski definition) is 2. The molecule has 0 unspecified atom stereocenters. The molecule has 0 saturated heterocycles. The molecule has 0 aliphatic carbocycles. The molecule has 0 heterocycles. The maximum absolute atomic E-state index is 10.1. The van der Waals surface area contributed by atoms with E-state index in [1.165, 1.54) is 10.8 Å². The second kappa shape index (κ2) is 4.36. The van der Waals surface area contributed by atoms with Crippen LogP contribution in [0.4, 0.5) is 0 Å². The minimum atomic E-state index is -1.55. The Balaban J connectivity index is 2.91. The first-order chi connectivity index (χ1) is 6.56. The van der Waals surface area contributed by atoms with E-state index in [-0.39, 0.29) is 0 Å². The smallest absolute Gasteiger partial charge is 0.211 e. The van der Waals surface area contributed by atoms with Gasteiger partial charge < -0.3 is 0 Å². The Bertz CT molecular complexity index is 350. The third-order valence-corrected chi connectivity index (χ3v) is 5.22. The molecule has 0 N–H and O–H groups in total. The Morgan fingerprint density at radius 1 is 1.29 bits per heavy atom. The molecule has 0 spiro atoms. The normalized spacial score (nSPS) is 10.8. The number of benzene rings is 1. The predicted octanol–water partition coefficient (Wildman–Crippen LogP) is 1.79. The van der Waals surface area contributed by atoms with Crippen molar-refractivity contribution in [2.75, 3.05) is 6.17 Å². The Hall–Kier alpha value is -1.18. The van der Waals surface area contributed by atoms with Crippen molar-refractivity contribution in [3.8, 4) is 0 Å². The molecule has 0 aliphatic rings. The lowest BCUT2D eigenvalue weighted by atomic mass is 10.2. The van der Waals surface area contributed by atoms with Crippen molar-refractivity contribution < 1.29 is 4.79 Å². The number of aliphatic imine (C=N–C) groups is 1. The van der Waals surface area contributed by atoms with Crippen molar-refractivity contribution in [3.63, 3.8) is 0 Å². The zero-order valence-electron chi connectivity index (χ0n) is 8.87. The van der Waals surface area contributed by atoms with Crippen LogP contribution in [0.2, 0.25) is 13.1 Å². The number of rotatable bonds is 3. The number of aryl methyl sites for hydroxylation is 1. The molecular formula is C11H15NOSi. The van der Waals surface area contributed by atoms with Crippen LogP contribution in [0.5, 0.6) is 0 Å². The maximum atomic E-state index is 10.1. The first kappa shape index (κ1) is 10.9. The Morgan fingerprint density at radius 3 is 2.36 bits per heavy atom. The van der Waals surface area contributed by atoms with Crippen molar-refractivity contribution in [2.24, 2.45) is 4.99 Å². The molecule has 14 heavy (non-hydrogen) atoms. The fraction of sp³-hybridized carbons (Fsp3) is 0.364. The van der Waals surface area contributed by atoms with Crippen molar-refractivity contribution in [3.05, 3.63) is 29.8 Å². The molecule has 1 aromatic carbocycles. The van der Waals surface area contributed by atoms with Gasteiger partial charge in [0.05, 0.1) is 0 Å². The minimum absolute atomic E-state index is 0.625. The van der Waals surface area contributed by atoms with Crippen LogP contribution in [-0.2, 0) is 4.79 Å². The van der Waals surface area contributed by atoms with Crippen LogP contribution in [0.1, 0.15) is 5.56 Å². The van der Waals surface area contributed by atoms with Gasteiger partial charge in [-0.2, -0.15) is 0 Å². The first-order valence-electron chi connectivity index (χ1n) is 4.67. The summed E-state index contributed by atoms with van der Waals surface area (Å²) in [6, 6.07) is 8.49. The van der Waals surface area contributed by atoms with Crippen LogP contribution in [-0.4, -0.2) is 20.3 Å². The van der Waals surface area contributed by atoms with Crippen LogP contribution >= 0.6 is 0 Å². The van der Waals surface area contributed by atoms with E-state index < -0.39 is 8.07 Å². The van der Waals surface area contributed by atoms with E-state index in [0.29, 0.717) is 6.17 Å². The van der Waals surface area contributed by atoms with Gasteiger partial charge in [0, 0.05) is 6.17 Å². The monoisotopic (exact) mass is 205 g/mol. The zero-order valence-corrected chi connectivity index (χ0v) is 9.87. The highest BCUT2D eigenvalue weighted by atomic mass is 28.3. The van der Waals surface area contributed by atoms with Gasteiger partial charge in [-0.25, -0.2) is 9.79 Å². The highest BCUT2D eigenvalue weighted by Crippen LogP contribution is 2.04. The van der Waals surface area contributed by atoms with Gasteiger partial charge in [0.25, 0.3) is 0 Å². The van der Waals surface area contributed by atoms with E-state index in [9.17, 15) is 4.79 Å². The number of carbonyl (C=O) groups excluding carboxylic acids is 1. The lowest BCUT2D eigenvalue weighted by Crippen LogP contribution is -2.44. The Labute approximate surface area is 85.7 Å². The lowest BCUT2D eigenvalue weighted by molar-refractivity contribution is 0.564. The van der Waals surface area contributed by atoms with E-state index in [4.69, 9.17) is 0 Å². The molecule has 1 aromatic rings. The summed E-state index contributed by atoms with van der Waals surface area (Å²) < 4.78 is 0. The summed E-state index contributed by atoms with van der Waals surface area (Å²) >= 11 is 0. The van der Waals surface area contributed by atoms with Crippen LogP contribution in [0.25, 0.3) is 0 Å². The summed E-state index contributed by atoms with van der Waals surface area (Å²) in [5, 5.41) is 1.34. The summed E-state index contributed by atoms with van der Waals surface area (Å²) in [5.41, 5.74) is 1.26. The van der Waals surface area contributed by atoms with Gasteiger partial charge in [-0.3, -0.25) is 0 Å². The second-order valence-corrected chi connectivity index (χ2v) is 8.82. The molecule has 0 bridgehead atoms. The maximum Gasteiger partial charge on any atom is 0.234 e. The molecule has 0 atom stereocenters. The first-order valence-corrected chi connectivity index (χ1v) is 7.88. The summed E-state index contributed by atoms with van der Waals surface area (Å²) in [5.74, 6) is 0. The van der Waals surface area contributed by atoms with Crippen LogP contribution < -0.4 is 5.19 Å². The van der Waals surface area contributed by atoms with Gasteiger partial charge in [0.1, 0.15) is 8.07 Å². The second-order valence-electron chi connectivity index (χ2n) is 4.16. The Kier molecular flexibility index (Phi) is 3.39. The highest BCUT2D eigenvalue weighted by Gasteiger charge is 2.22. The summed E-state index contributed by atoms with van der Waals surface area (Å²) in [7, 11) is -1.55. The average molecular weight is 205 g/mol. The van der Waals surface area contributed by atoms with Crippen molar-refractivity contribution in [1.29, 1.82) is 0 Å². The summed E-state index contributed by atoms with van der Waals surface area (Å²) in [6.45, 7) is 6.49. The van der Waals surface area contributed by atoms with Crippen molar-refractivity contribution in [1.82, 2.24) is 0 Å². The van der Waals surface area contributed by atoms with Gasteiger partial charge in [-0.1, -0.05) is 48.1 Å². The molecule has 0 fully saturated rings. The largest absolute Gasteiger partial charge is 0.234 e. The number of hydrogen-bond donors (Lipinski definition) is 0. The average Bonchev–Trinajstić information content (AvgIpc) is 2.16. The number of isocyanates is 1. The standard InChI is InChI=1S/C11H15NOSi/c1-10-4-6-11(7-5-10)14(2,3)9-12-8-13/h4-7H,9H2,1-3H3. The van der Waals surface area contributed by atoms with Crippen molar-refractivity contribution >= 4 is 19.3 Å². The van der Waals surface area contributed by atoms with Gasteiger partial charge in [0.15, 0.2) is 0 Å². The molecule has 0 aliphatic heterocycles. The fourth-order valence-electron chi connectivity index (χ4n) is 1.33. The van der Waals surface area contributed by atoms with Gasteiger partial charge in [-0.15, -0.1) is 0 Å². The molecule has 0 aromatic heterocycles. The van der Waals surface area contributed by atoms with E-state index in [2.05, 4.69) is 49.3 Å². The quantitative estimate of drug-likeness (QED) is 0.420. The van der Waals surface area contributed by atoms with E-state index in [0.717, 1.165) is 0 Å². The van der Waals surface area contributed by atoms with E-state index >= 15 is 0 Å². The third kappa shape index (κ3) is 2.65. The number of nitrogens with zero attached hydrogens (tertiary/aromatic N) is 1. The van der Waals surface area contributed by atoms with Gasteiger partial charge in [-0.05, 0) is 6.92 Å². The third-order valence-electron chi connectivity index (χ3n) is 2.37. The molecule has 0 amide bonds. The van der Waals surface area contributed by atoms with Crippen LogP contribution in [0.3, 0.4) is 0 Å². The lowest BCUT2D eigenvalue weighted by Gasteiger charge is -2.19. The zero-order chi connectivity index (χ0) is 10.6. The van der Waals surface area contributed by atoms with E-state index in [1.54, 1.807) is 6.08 Å². The Morgan fingerprint density at radius 2 is 1.86 bits per heavy atom. The van der Waals surface area contributed by atoms with Gasteiger partial charge in [0.2, 0.25) is 6.08 Å². The molecule has 3 heteroatoms. The molecule has 0 radical (unpaired) electrons. The van der Waals surface area contributed by atoms with Gasteiger partial charge >= 0.3 is 0 Å². The SMILES string of the molecule is Cc1ccc([Si](C)(C)CN=C=O)cc1. The van der Waals surface area contributed by atoms with Crippen LogP contribution in [0.15, 0.2) is 29.3 Å². The fourth-order valence-corrected chi connectivity index (χ4v) is 3.04. The summed E-state index contributed by atoms with van der Waals surface area (Å²) in [6.07, 6.45) is 2.24. The van der Waals surface area contributed by atoms with E-state index in [1.807, 2.05) is 0 Å². The molecule has 0 saturated carbocycles. The molecule has 2 nitrogen and oxygen atoms in total. The summed E-state index contributed by atoms with van der Waals surface area (Å²) in [4.78, 5) is 13.8. The molecule has 1 rings (SSSR count). The highest BCUT2D eigenvalue weighted by molar-refractivity contribution is 6.90. The predicted molar refractivity (Wildman–Crippen MR) is 61.3 cm³/mol.